The van der Waals surface area contributed by atoms with Crippen molar-refractivity contribution in [3.63, 3.8) is 0 Å². The van der Waals surface area contributed by atoms with Gasteiger partial charge in [0.1, 0.15) is 0 Å². The summed E-state index contributed by atoms with van der Waals surface area (Å²) in [7, 11) is 0. The third-order valence-corrected chi connectivity index (χ3v) is 10.7. The Labute approximate surface area is 335 Å². The molecule has 1 aromatic heterocycles. The van der Waals surface area contributed by atoms with Gasteiger partial charge in [-0.1, -0.05) is 158 Å². The maximum Gasteiger partial charge on any atom is 0.0541 e. The smallest absolute Gasteiger partial charge is 0.0541 e. The fourth-order valence-electron chi connectivity index (χ4n) is 7.95. The van der Waals surface area contributed by atoms with Gasteiger partial charge in [-0.05, 0) is 124 Å². The van der Waals surface area contributed by atoms with Crippen LogP contribution in [0, 0.1) is 0 Å². The highest BCUT2D eigenvalue weighted by atomic mass is 15.1. The number of nitrogens with zero attached hydrogens (tertiary/aromatic N) is 2. The van der Waals surface area contributed by atoms with Crippen LogP contribution in [-0.2, 0) is 0 Å². The zero-order valence-electron chi connectivity index (χ0n) is 32.0. The minimum atomic E-state index is 1.08. The highest BCUT2D eigenvalue weighted by Gasteiger charge is 2.16. The summed E-state index contributed by atoms with van der Waals surface area (Å²) in [5.74, 6) is 0. The highest BCUT2D eigenvalue weighted by Crippen LogP contribution is 2.40. The van der Waals surface area contributed by atoms with E-state index in [1.807, 2.05) is 19.1 Å². The summed E-state index contributed by atoms with van der Waals surface area (Å²) in [5.41, 5.74) is 16.2. The zero-order chi connectivity index (χ0) is 38.6. The molecule has 2 heteroatoms. The Hall–Kier alpha value is -7.42. The van der Waals surface area contributed by atoms with Gasteiger partial charge in [0.15, 0.2) is 0 Å². The summed E-state index contributed by atoms with van der Waals surface area (Å²) in [6.45, 7) is 5.97. The summed E-state index contributed by atoms with van der Waals surface area (Å²) in [4.78, 5) is 2.34. The number of allylic oxidation sites excluding steroid dienone is 5. The van der Waals surface area contributed by atoms with Crippen LogP contribution in [0.4, 0.5) is 17.1 Å². The first-order valence-corrected chi connectivity index (χ1v) is 19.5. The Balaban J connectivity index is 1.10. The van der Waals surface area contributed by atoms with Crippen LogP contribution in [0.15, 0.2) is 231 Å². The molecule has 9 aromatic rings. The van der Waals surface area contributed by atoms with Crippen molar-refractivity contribution in [1.29, 1.82) is 0 Å². The molecule has 0 aliphatic heterocycles. The van der Waals surface area contributed by atoms with Gasteiger partial charge in [0.05, 0.1) is 11.0 Å². The second-order valence-corrected chi connectivity index (χ2v) is 14.2. The van der Waals surface area contributed by atoms with Gasteiger partial charge >= 0.3 is 0 Å². The lowest BCUT2D eigenvalue weighted by atomic mass is 9.97. The van der Waals surface area contributed by atoms with E-state index in [2.05, 4.69) is 228 Å². The topological polar surface area (TPSA) is 8.17 Å². The molecular formula is C55H42N2. The summed E-state index contributed by atoms with van der Waals surface area (Å²) >= 11 is 0. The summed E-state index contributed by atoms with van der Waals surface area (Å²) < 4.78 is 2.37. The standard InChI is InChI=1S/C55H42N2/c1-3-15-40(16-4-2)42-27-32-49(33-28-42)56(50-34-29-43(30-35-50)41-17-7-5-8-18-41)51-24-14-21-46(38-51)44-19-13-20-45(37-44)47-31-36-55-53(39-47)52-25-11-12-26-54(52)57(55)48-22-9-6-10-23-48/h3-39H,1H2,2H3/b16-4-,40-15+. The molecule has 57 heavy (non-hydrogen) atoms. The number of para-hydroxylation sites is 2. The van der Waals surface area contributed by atoms with Gasteiger partial charge in [0, 0.05) is 33.5 Å². The van der Waals surface area contributed by atoms with E-state index in [1.54, 1.807) is 0 Å². The zero-order valence-corrected chi connectivity index (χ0v) is 32.0. The number of hydrogen-bond acceptors (Lipinski definition) is 1. The van der Waals surface area contributed by atoms with E-state index in [0.717, 1.165) is 33.8 Å². The van der Waals surface area contributed by atoms with Gasteiger partial charge in [-0.3, -0.25) is 0 Å². The van der Waals surface area contributed by atoms with Crippen molar-refractivity contribution in [3.05, 3.63) is 237 Å². The van der Waals surface area contributed by atoms with Crippen LogP contribution in [0.2, 0.25) is 0 Å². The fraction of sp³-hybridized carbons (Fsp3) is 0.0182. The molecule has 0 aliphatic carbocycles. The van der Waals surface area contributed by atoms with Gasteiger partial charge in [0.2, 0.25) is 0 Å². The van der Waals surface area contributed by atoms with E-state index < -0.39 is 0 Å². The monoisotopic (exact) mass is 730 g/mol. The van der Waals surface area contributed by atoms with Crippen molar-refractivity contribution in [3.8, 4) is 39.1 Å². The van der Waals surface area contributed by atoms with Crippen LogP contribution >= 0.6 is 0 Å². The van der Waals surface area contributed by atoms with E-state index >= 15 is 0 Å². The van der Waals surface area contributed by atoms with Gasteiger partial charge < -0.3 is 9.47 Å². The Morgan fingerprint density at radius 1 is 0.456 bits per heavy atom. The Morgan fingerprint density at radius 2 is 1.00 bits per heavy atom. The van der Waals surface area contributed by atoms with Gasteiger partial charge in [-0.15, -0.1) is 0 Å². The Morgan fingerprint density at radius 3 is 1.70 bits per heavy atom. The molecule has 8 aromatic carbocycles. The maximum absolute atomic E-state index is 3.93. The molecule has 272 valence electrons. The molecule has 0 amide bonds. The van der Waals surface area contributed by atoms with Crippen LogP contribution in [0.3, 0.4) is 0 Å². The summed E-state index contributed by atoms with van der Waals surface area (Å²) in [5, 5.41) is 2.50. The summed E-state index contributed by atoms with van der Waals surface area (Å²) in [6.07, 6.45) is 8.07. The second-order valence-electron chi connectivity index (χ2n) is 14.2. The molecule has 0 atom stereocenters. The molecule has 2 nitrogen and oxygen atoms in total. The van der Waals surface area contributed by atoms with E-state index in [9.17, 15) is 0 Å². The van der Waals surface area contributed by atoms with Crippen LogP contribution in [0.5, 0.6) is 0 Å². The third-order valence-electron chi connectivity index (χ3n) is 10.7. The van der Waals surface area contributed by atoms with Crippen molar-refractivity contribution in [2.24, 2.45) is 0 Å². The lowest BCUT2D eigenvalue weighted by molar-refractivity contribution is 1.18. The highest BCUT2D eigenvalue weighted by molar-refractivity contribution is 6.10. The molecule has 9 rings (SSSR count). The first-order chi connectivity index (χ1) is 28.2. The van der Waals surface area contributed by atoms with Crippen molar-refractivity contribution in [1.82, 2.24) is 4.57 Å². The molecule has 0 aliphatic rings. The maximum atomic E-state index is 3.93. The number of anilines is 3. The predicted molar refractivity (Wildman–Crippen MR) is 245 cm³/mol. The average Bonchev–Trinajstić information content (AvgIpc) is 3.61. The average molecular weight is 731 g/mol. The second kappa shape index (κ2) is 15.7. The number of fused-ring (bicyclic) bond motifs is 3. The lowest BCUT2D eigenvalue weighted by Gasteiger charge is -2.26. The van der Waals surface area contributed by atoms with E-state index in [0.29, 0.717) is 0 Å². The number of hydrogen-bond donors (Lipinski definition) is 0. The minimum absolute atomic E-state index is 1.08. The normalized spacial score (nSPS) is 11.7. The number of aromatic nitrogens is 1. The first-order valence-electron chi connectivity index (χ1n) is 19.5. The molecule has 0 fully saturated rings. The molecule has 0 radical (unpaired) electrons. The molecule has 0 N–H and O–H groups in total. The molecule has 1 heterocycles. The SMILES string of the molecule is C=C/C=C(\C=C/C)c1ccc(N(c2ccc(-c3ccccc3)cc2)c2cccc(-c3cccc(-c4ccc5c(c4)c4ccccc4n5-c4ccccc4)c3)c2)cc1. The van der Waals surface area contributed by atoms with Gasteiger partial charge in [-0.2, -0.15) is 0 Å². The predicted octanol–water partition coefficient (Wildman–Crippen LogP) is 15.4. The van der Waals surface area contributed by atoms with Crippen molar-refractivity contribution < 1.29 is 0 Å². The fourth-order valence-corrected chi connectivity index (χ4v) is 7.95. The van der Waals surface area contributed by atoms with Crippen LogP contribution in [0.1, 0.15) is 12.5 Å². The number of rotatable bonds is 10. The van der Waals surface area contributed by atoms with Gasteiger partial charge in [0.25, 0.3) is 0 Å². The van der Waals surface area contributed by atoms with Gasteiger partial charge in [-0.25, -0.2) is 0 Å². The minimum Gasteiger partial charge on any atom is -0.310 e. The van der Waals surface area contributed by atoms with Crippen molar-refractivity contribution in [2.45, 2.75) is 6.92 Å². The van der Waals surface area contributed by atoms with Crippen LogP contribution in [-0.4, -0.2) is 4.57 Å². The van der Waals surface area contributed by atoms with Crippen molar-refractivity contribution >= 4 is 44.4 Å². The van der Waals surface area contributed by atoms with Crippen LogP contribution in [0.25, 0.3) is 66.4 Å². The van der Waals surface area contributed by atoms with E-state index in [1.165, 1.54) is 55.3 Å². The molecule has 0 saturated carbocycles. The van der Waals surface area contributed by atoms with E-state index in [4.69, 9.17) is 0 Å². The third kappa shape index (κ3) is 7.01. The quantitative estimate of drug-likeness (QED) is 0.127. The Bertz CT molecular complexity index is 2890. The molecule has 0 bridgehead atoms. The Kier molecular flexibility index (Phi) is 9.75. The molecule has 0 spiro atoms. The van der Waals surface area contributed by atoms with Crippen LogP contribution < -0.4 is 4.90 Å². The summed E-state index contributed by atoms with van der Waals surface area (Å²) in [6, 6.07) is 72.2. The first kappa shape index (κ1) is 35.3. The molecular weight excluding hydrogens is 689 g/mol. The lowest BCUT2D eigenvalue weighted by Crippen LogP contribution is -2.10. The molecule has 0 saturated heterocycles. The molecule has 0 unspecified atom stereocenters. The largest absolute Gasteiger partial charge is 0.310 e. The van der Waals surface area contributed by atoms with Crippen molar-refractivity contribution in [2.75, 3.05) is 4.90 Å². The number of benzene rings is 8. The van der Waals surface area contributed by atoms with E-state index in [-0.39, 0.29) is 0 Å².